The van der Waals surface area contributed by atoms with Crippen LogP contribution in [-0.4, -0.2) is 24.5 Å². The molecule has 11 heavy (non-hydrogen) atoms. The van der Waals surface area contributed by atoms with E-state index in [0.717, 1.165) is 0 Å². The fraction of sp³-hybridized carbons (Fsp3) is 0.167. The summed E-state index contributed by atoms with van der Waals surface area (Å²) < 4.78 is 20.9. The maximum absolute atomic E-state index is 10.5. The molecular formula is C6H7NO3S. The van der Waals surface area contributed by atoms with E-state index < -0.39 is 16.3 Å². The van der Waals surface area contributed by atoms with Crippen LogP contribution in [0.15, 0.2) is 24.3 Å². The molecule has 1 unspecified atom stereocenters. The van der Waals surface area contributed by atoms with Gasteiger partial charge < -0.3 is 5.21 Å². The van der Waals surface area contributed by atoms with Crippen molar-refractivity contribution in [1.82, 2.24) is 5.48 Å². The summed E-state index contributed by atoms with van der Waals surface area (Å²) in [7, 11) is -2.28. The molecule has 0 fully saturated rings. The fourth-order valence-corrected chi connectivity index (χ4v) is 1.32. The van der Waals surface area contributed by atoms with Crippen molar-refractivity contribution in [2.45, 2.75) is 6.04 Å². The molecular weight excluding hydrogens is 166 g/mol. The summed E-state index contributed by atoms with van der Waals surface area (Å²) >= 11 is 0. The van der Waals surface area contributed by atoms with Crippen LogP contribution >= 0.6 is 0 Å². The number of hydrogen-bond donors (Lipinski definition) is 2. The summed E-state index contributed by atoms with van der Waals surface area (Å²) in [6.45, 7) is 0. The maximum atomic E-state index is 10.5. The molecule has 0 bridgehead atoms. The smallest absolute Gasteiger partial charge is 0.219 e. The largest absolute Gasteiger partial charge is 0.316 e. The summed E-state index contributed by atoms with van der Waals surface area (Å²) in [6, 6.07) is -0.613. The van der Waals surface area contributed by atoms with E-state index in [1.807, 2.05) is 5.48 Å². The molecule has 0 aromatic heterocycles. The molecule has 60 valence electrons. The number of nitrogens with one attached hydrogen (secondary N) is 1. The topological polar surface area (TPSA) is 66.4 Å². The predicted molar refractivity (Wildman–Crippen MR) is 40.9 cm³/mol. The molecule has 0 heterocycles. The van der Waals surface area contributed by atoms with Crippen molar-refractivity contribution in [2.75, 3.05) is 0 Å². The van der Waals surface area contributed by atoms with Crippen molar-refractivity contribution in [1.29, 1.82) is 0 Å². The van der Waals surface area contributed by atoms with Crippen LogP contribution < -0.4 is 5.48 Å². The van der Waals surface area contributed by atoms with Crippen LogP contribution in [0.4, 0.5) is 0 Å². The average molecular weight is 173 g/mol. The standard InChI is InChI=1S/C6H7NO3S/c8-7-5-3-1-2-4-6(5)11(9)10/h1-5,7-8H. The van der Waals surface area contributed by atoms with Gasteiger partial charge in [-0.2, -0.15) is 13.9 Å². The van der Waals surface area contributed by atoms with E-state index in [4.69, 9.17) is 5.21 Å². The van der Waals surface area contributed by atoms with Gasteiger partial charge in [0.05, 0.1) is 10.9 Å². The zero-order valence-electron chi connectivity index (χ0n) is 5.56. The van der Waals surface area contributed by atoms with Crippen molar-refractivity contribution in [3.8, 4) is 0 Å². The minimum atomic E-state index is -2.28. The fourth-order valence-electron chi connectivity index (χ4n) is 0.790. The summed E-state index contributed by atoms with van der Waals surface area (Å²) in [5, 5.41) is 8.48. The summed E-state index contributed by atoms with van der Waals surface area (Å²) in [4.78, 5) is 0.134. The average Bonchev–Trinajstić information content (AvgIpc) is 2.04. The Morgan fingerprint density at radius 3 is 2.64 bits per heavy atom. The predicted octanol–water partition coefficient (Wildman–Crippen LogP) is -0.489. The Bertz CT molecular complexity index is 318. The molecule has 0 amide bonds. The highest BCUT2D eigenvalue weighted by Crippen LogP contribution is 1.98. The Labute approximate surface area is 65.3 Å². The Morgan fingerprint density at radius 2 is 2.18 bits per heavy atom. The maximum Gasteiger partial charge on any atom is 0.219 e. The van der Waals surface area contributed by atoms with E-state index in [9.17, 15) is 8.42 Å². The summed E-state index contributed by atoms with van der Waals surface area (Å²) in [6.07, 6.45) is 6.23. The third kappa shape index (κ3) is 1.76. The van der Waals surface area contributed by atoms with Crippen molar-refractivity contribution in [3.63, 3.8) is 0 Å². The molecule has 4 nitrogen and oxygen atoms in total. The molecule has 1 rings (SSSR count). The van der Waals surface area contributed by atoms with Crippen LogP contribution in [0, 0.1) is 0 Å². The third-order valence-electron chi connectivity index (χ3n) is 1.31. The lowest BCUT2D eigenvalue weighted by atomic mass is 10.1. The van der Waals surface area contributed by atoms with Gasteiger partial charge in [0.25, 0.3) is 0 Å². The number of hydroxylamine groups is 1. The first-order chi connectivity index (χ1) is 5.25. The molecule has 0 saturated carbocycles. The lowest BCUT2D eigenvalue weighted by Crippen LogP contribution is -2.32. The Kier molecular flexibility index (Phi) is 2.58. The molecule has 0 aromatic carbocycles. The summed E-state index contributed by atoms with van der Waals surface area (Å²) in [5.74, 6) is 0. The van der Waals surface area contributed by atoms with Crippen molar-refractivity contribution in [2.24, 2.45) is 0 Å². The Hall–Kier alpha value is -0.910. The van der Waals surface area contributed by atoms with Gasteiger partial charge in [0.15, 0.2) is 0 Å². The first-order valence-corrected chi connectivity index (χ1v) is 4.04. The van der Waals surface area contributed by atoms with Gasteiger partial charge in [-0.15, -0.1) is 0 Å². The van der Waals surface area contributed by atoms with Crippen LogP contribution in [0.25, 0.3) is 0 Å². The highest BCUT2D eigenvalue weighted by molar-refractivity contribution is 7.73. The molecule has 0 spiro atoms. The van der Waals surface area contributed by atoms with Gasteiger partial charge in [-0.3, -0.25) is 0 Å². The molecule has 0 aromatic rings. The molecule has 1 atom stereocenters. The Morgan fingerprint density at radius 1 is 1.45 bits per heavy atom. The van der Waals surface area contributed by atoms with E-state index in [-0.39, 0.29) is 4.86 Å². The van der Waals surface area contributed by atoms with Gasteiger partial charge in [-0.05, 0) is 6.08 Å². The highest BCUT2D eigenvalue weighted by Gasteiger charge is 2.11. The number of rotatable bonds is 1. The molecule has 2 N–H and O–H groups in total. The van der Waals surface area contributed by atoms with E-state index >= 15 is 0 Å². The first-order valence-electron chi connectivity index (χ1n) is 2.96. The lowest BCUT2D eigenvalue weighted by molar-refractivity contribution is 0.164. The summed E-state index contributed by atoms with van der Waals surface area (Å²) in [5.41, 5.74) is 1.87. The normalized spacial score (nSPS) is 22.3. The number of hydrogen-bond acceptors (Lipinski definition) is 4. The first kappa shape index (κ1) is 8.19. The molecule has 0 aliphatic heterocycles. The molecule has 0 radical (unpaired) electrons. The third-order valence-corrected chi connectivity index (χ3v) is 2.09. The molecule has 0 saturated heterocycles. The second kappa shape index (κ2) is 3.47. The van der Waals surface area contributed by atoms with Crippen LogP contribution in [-0.2, 0) is 10.3 Å². The van der Waals surface area contributed by atoms with Crippen LogP contribution in [0.1, 0.15) is 0 Å². The van der Waals surface area contributed by atoms with Gasteiger partial charge in [0.2, 0.25) is 10.3 Å². The zero-order valence-corrected chi connectivity index (χ0v) is 6.38. The monoisotopic (exact) mass is 173 g/mol. The van der Waals surface area contributed by atoms with Gasteiger partial charge in [0.1, 0.15) is 0 Å². The quantitative estimate of drug-likeness (QED) is 0.415. The molecule has 1 aliphatic carbocycles. The van der Waals surface area contributed by atoms with Crippen LogP contribution in [0.3, 0.4) is 0 Å². The Balaban J connectivity index is 3.08. The van der Waals surface area contributed by atoms with Gasteiger partial charge in [-0.25, -0.2) is 0 Å². The highest BCUT2D eigenvalue weighted by atomic mass is 32.2. The van der Waals surface area contributed by atoms with E-state index in [1.54, 1.807) is 18.2 Å². The van der Waals surface area contributed by atoms with Crippen molar-refractivity contribution < 1.29 is 13.6 Å². The lowest BCUT2D eigenvalue weighted by Gasteiger charge is -2.09. The molecule has 5 heteroatoms. The van der Waals surface area contributed by atoms with E-state index in [2.05, 4.69) is 0 Å². The zero-order chi connectivity index (χ0) is 8.27. The van der Waals surface area contributed by atoms with Crippen molar-refractivity contribution in [3.05, 3.63) is 24.3 Å². The van der Waals surface area contributed by atoms with Gasteiger partial charge in [-0.1, -0.05) is 18.2 Å². The van der Waals surface area contributed by atoms with Crippen LogP contribution in [0.5, 0.6) is 0 Å². The van der Waals surface area contributed by atoms with Gasteiger partial charge >= 0.3 is 0 Å². The van der Waals surface area contributed by atoms with Gasteiger partial charge in [0, 0.05) is 0 Å². The minimum absolute atomic E-state index is 0.134. The second-order valence-electron chi connectivity index (χ2n) is 1.99. The minimum Gasteiger partial charge on any atom is -0.316 e. The van der Waals surface area contributed by atoms with Crippen LogP contribution in [0.2, 0.25) is 0 Å². The van der Waals surface area contributed by atoms with E-state index in [0.29, 0.717) is 0 Å². The van der Waals surface area contributed by atoms with E-state index in [1.165, 1.54) is 6.08 Å². The molecule has 1 aliphatic rings. The SMILES string of the molecule is O=S(=O)=C1C=CC=CC1NO. The van der Waals surface area contributed by atoms with Crippen molar-refractivity contribution >= 4 is 15.2 Å². The number of allylic oxidation sites excluding steroid dienone is 2. The second-order valence-corrected chi connectivity index (χ2v) is 2.93.